The number of nitrogens with zero attached hydrogens (tertiary/aromatic N) is 1. The van der Waals surface area contributed by atoms with Crippen molar-refractivity contribution in [2.75, 3.05) is 13.1 Å². The van der Waals surface area contributed by atoms with Crippen LogP contribution in [0.15, 0.2) is 22.7 Å². The first kappa shape index (κ1) is 15.0. The van der Waals surface area contributed by atoms with Gasteiger partial charge in [0.1, 0.15) is 0 Å². The maximum Gasteiger partial charge on any atom is 0.253 e. The van der Waals surface area contributed by atoms with Gasteiger partial charge in [-0.05, 0) is 49.4 Å². The van der Waals surface area contributed by atoms with E-state index in [2.05, 4.69) is 38.8 Å². The van der Waals surface area contributed by atoms with Crippen molar-refractivity contribution < 1.29 is 4.79 Å². The molecule has 0 radical (unpaired) electrons. The minimum atomic E-state index is 0.157. The number of amides is 1. The van der Waals surface area contributed by atoms with Crippen LogP contribution in [-0.4, -0.2) is 28.7 Å². The molecule has 1 aliphatic rings. The van der Waals surface area contributed by atoms with Gasteiger partial charge in [0.15, 0.2) is 0 Å². The number of hydrogen-bond acceptors (Lipinski definition) is 1. The lowest BCUT2D eigenvalue weighted by atomic mass is 9.94. The Morgan fingerprint density at radius 3 is 2.47 bits per heavy atom. The normalized spacial score (nSPS) is 18.4. The van der Waals surface area contributed by atoms with E-state index in [4.69, 9.17) is 0 Å². The Morgan fingerprint density at radius 2 is 1.95 bits per heavy atom. The fourth-order valence-electron chi connectivity index (χ4n) is 2.60. The molecule has 1 heterocycles. The molecular formula is C15H19Br2NO. The quantitative estimate of drug-likeness (QED) is 0.688. The molecule has 104 valence electrons. The zero-order valence-electron chi connectivity index (χ0n) is 11.3. The molecule has 0 spiro atoms. The van der Waals surface area contributed by atoms with E-state index in [1.54, 1.807) is 0 Å². The lowest BCUT2D eigenvalue weighted by Crippen LogP contribution is -2.40. The first-order chi connectivity index (χ1) is 8.97. The number of piperidine rings is 1. The van der Waals surface area contributed by atoms with Gasteiger partial charge in [0, 0.05) is 28.0 Å². The van der Waals surface area contributed by atoms with Crippen molar-refractivity contribution in [2.24, 2.45) is 5.92 Å². The Labute approximate surface area is 131 Å². The fourth-order valence-corrected chi connectivity index (χ4v) is 3.74. The Morgan fingerprint density at radius 1 is 1.32 bits per heavy atom. The van der Waals surface area contributed by atoms with E-state index < -0.39 is 0 Å². The fraction of sp³-hybridized carbons (Fsp3) is 0.533. The van der Waals surface area contributed by atoms with Crippen LogP contribution in [0, 0.1) is 12.8 Å². The topological polar surface area (TPSA) is 20.3 Å². The minimum Gasteiger partial charge on any atom is -0.339 e. The average Bonchev–Trinajstić information content (AvgIpc) is 2.37. The van der Waals surface area contributed by atoms with E-state index in [1.165, 1.54) is 0 Å². The van der Waals surface area contributed by atoms with Crippen LogP contribution in [0.4, 0.5) is 0 Å². The SMILES string of the molecule is Cc1cc(Br)cc(C(=O)N2CCC(C(C)Br)CC2)c1. The maximum atomic E-state index is 12.5. The summed E-state index contributed by atoms with van der Waals surface area (Å²) in [6.45, 7) is 5.94. The second kappa shape index (κ2) is 6.40. The molecule has 19 heavy (non-hydrogen) atoms. The van der Waals surface area contributed by atoms with Crippen LogP contribution in [0.2, 0.25) is 0 Å². The summed E-state index contributed by atoms with van der Waals surface area (Å²) in [5.41, 5.74) is 1.90. The lowest BCUT2D eigenvalue weighted by molar-refractivity contribution is 0.0691. The minimum absolute atomic E-state index is 0.157. The second-order valence-corrected chi connectivity index (χ2v) is 7.68. The van der Waals surface area contributed by atoms with E-state index in [1.807, 2.05) is 30.0 Å². The summed E-state index contributed by atoms with van der Waals surface area (Å²) < 4.78 is 0.972. The van der Waals surface area contributed by atoms with Gasteiger partial charge in [0.25, 0.3) is 5.91 Å². The zero-order chi connectivity index (χ0) is 14.0. The highest BCUT2D eigenvalue weighted by Gasteiger charge is 2.25. The molecule has 1 unspecified atom stereocenters. The summed E-state index contributed by atoms with van der Waals surface area (Å²) in [5.74, 6) is 0.846. The molecular weight excluding hydrogens is 370 g/mol. The van der Waals surface area contributed by atoms with Crippen LogP contribution in [0.25, 0.3) is 0 Å². The monoisotopic (exact) mass is 387 g/mol. The highest BCUT2D eigenvalue weighted by atomic mass is 79.9. The Hall–Kier alpha value is -0.350. The smallest absolute Gasteiger partial charge is 0.253 e. The van der Waals surface area contributed by atoms with Crippen molar-refractivity contribution in [3.63, 3.8) is 0 Å². The molecule has 4 heteroatoms. The highest BCUT2D eigenvalue weighted by molar-refractivity contribution is 9.10. The molecule has 0 aliphatic carbocycles. The number of likely N-dealkylation sites (tertiary alicyclic amines) is 1. The van der Waals surface area contributed by atoms with Crippen molar-refractivity contribution in [3.8, 4) is 0 Å². The van der Waals surface area contributed by atoms with E-state index in [9.17, 15) is 4.79 Å². The predicted octanol–water partition coefficient (Wildman–Crippen LogP) is 4.39. The van der Waals surface area contributed by atoms with Gasteiger partial charge in [-0.1, -0.05) is 38.8 Å². The van der Waals surface area contributed by atoms with Crippen LogP contribution < -0.4 is 0 Å². The predicted molar refractivity (Wildman–Crippen MR) is 85.9 cm³/mol. The Balaban J connectivity index is 2.05. The van der Waals surface area contributed by atoms with Crippen LogP contribution in [0.3, 0.4) is 0 Å². The number of benzene rings is 1. The molecule has 1 fully saturated rings. The first-order valence-electron chi connectivity index (χ1n) is 6.68. The van der Waals surface area contributed by atoms with Gasteiger partial charge < -0.3 is 4.90 Å². The molecule has 1 amide bonds. The van der Waals surface area contributed by atoms with E-state index in [0.717, 1.165) is 41.5 Å². The van der Waals surface area contributed by atoms with Crippen molar-refractivity contribution >= 4 is 37.8 Å². The maximum absolute atomic E-state index is 12.5. The third kappa shape index (κ3) is 3.82. The Kier molecular flexibility index (Phi) is 5.07. The van der Waals surface area contributed by atoms with Gasteiger partial charge in [-0.2, -0.15) is 0 Å². The standard InChI is InChI=1S/C15H19Br2NO/c1-10-7-13(9-14(17)8-10)15(19)18-5-3-12(4-6-18)11(2)16/h7-9,11-12H,3-6H2,1-2H3. The lowest BCUT2D eigenvalue weighted by Gasteiger charge is -2.33. The molecule has 2 rings (SSSR count). The molecule has 1 aromatic carbocycles. The number of hydrogen-bond donors (Lipinski definition) is 0. The van der Waals surface area contributed by atoms with E-state index in [-0.39, 0.29) is 5.91 Å². The number of aryl methyl sites for hydroxylation is 1. The average molecular weight is 389 g/mol. The second-order valence-electron chi connectivity index (χ2n) is 5.32. The molecule has 0 saturated carbocycles. The van der Waals surface area contributed by atoms with E-state index in [0.29, 0.717) is 10.7 Å². The summed E-state index contributed by atoms with van der Waals surface area (Å²) in [5, 5.41) is 0. The molecule has 1 aromatic rings. The summed E-state index contributed by atoms with van der Waals surface area (Å²) in [6.07, 6.45) is 2.18. The number of halogens is 2. The van der Waals surface area contributed by atoms with Crippen LogP contribution in [0.1, 0.15) is 35.7 Å². The number of rotatable bonds is 2. The first-order valence-corrected chi connectivity index (χ1v) is 8.39. The highest BCUT2D eigenvalue weighted by Crippen LogP contribution is 2.26. The van der Waals surface area contributed by atoms with Crippen molar-refractivity contribution in [2.45, 2.75) is 31.5 Å². The molecule has 0 N–H and O–H groups in total. The van der Waals surface area contributed by atoms with Crippen LogP contribution in [-0.2, 0) is 0 Å². The summed E-state index contributed by atoms with van der Waals surface area (Å²) in [6, 6.07) is 5.90. The van der Waals surface area contributed by atoms with Gasteiger partial charge >= 0.3 is 0 Å². The summed E-state index contributed by atoms with van der Waals surface area (Å²) in [4.78, 5) is 15.0. The van der Waals surface area contributed by atoms with Gasteiger partial charge in [0.2, 0.25) is 0 Å². The zero-order valence-corrected chi connectivity index (χ0v) is 14.5. The van der Waals surface area contributed by atoms with Gasteiger partial charge in [-0.3, -0.25) is 4.79 Å². The van der Waals surface area contributed by atoms with E-state index >= 15 is 0 Å². The largest absolute Gasteiger partial charge is 0.339 e. The number of carbonyl (C=O) groups excluding carboxylic acids is 1. The van der Waals surface area contributed by atoms with Crippen molar-refractivity contribution in [3.05, 3.63) is 33.8 Å². The third-order valence-corrected chi connectivity index (χ3v) is 4.97. The molecule has 1 aliphatic heterocycles. The summed E-state index contributed by atoms with van der Waals surface area (Å²) in [7, 11) is 0. The molecule has 0 bridgehead atoms. The van der Waals surface area contributed by atoms with Gasteiger partial charge in [0.05, 0.1) is 0 Å². The van der Waals surface area contributed by atoms with Crippen molar-refractivity contribution in [1.82, 2.24) is 4.90 Å². The Bertz CT molecular complexity index is 445. The molecule has 1 saturated heterocycles. The molecule has 0 aromatic heterocycles. The van der Waals surface area contributed by atoms with Crippen LogP contribution in [0.5, 0.6) is 0 Å². The van der Waals surface area contributed by atoms with Gasteiger partial charge in [-0.15, -0.1) is 0 Å². The van der Waals surface area contributed by atoms with Gasteiger partial charge in [-0.25, -0.2) is 0 Å². The van der Waals surface area contributed by atoms with Crippen LogP contribution >= 0.6 is 31.9 Å². The number of alkyl halides is 1. The molecule has 1 atom stereocenters. The summed E-state index contributed by atoms with van der Waals surface area (Å²) >= 11 is 7.10. The van der Waals surface area contributed by atoms with Crippen molar-refractivity contribution in [1.29, 1.82) is 0 Å². The third-order valence-electron chi connectivity index (χ3n) is 3.77. The molecule has 2 nitrogen and oxygen atoms in total. The number of carbonyl (C=O) groups is 1.